The fourth-order valence-corrected chi connectivity index (χ4v) is 7.29. The number of carbonyl (C=O) groups excluding carboxylic acids is 2. The highest BCUT2D eigenvalue weighted by molar-refractivity contribution is 9.10. The number of benzene rings is 2. The third-order valence-corrected chi connectivity index (χ3v) is 10.3. The normalized spacial score (nSPS) is 12.3. The van der Waals surface area contributed by atoms with Gasteiger partial charge in [-0.1, -0.05) is 29.7 Å². The molecule has 1 N–H and O–H groups in total. The highest BCUT2D eigenvalue weighted by Gasteiger charge is 2.32. The molecule has 0 saturated heterocycles. The van der Waals surface area contributed by atoms with Crippen LogP contribution in [0.15, 0.2) is 78.1 Å². The molecule has 67 heavy (non-hydrogen) atoms. The minimum absolute atomic E-state index is 0.00390. The Labute approximate surface area is 394 Å². The lowest BCUT2D eigenvalue weighted by Crippen LogP contribution is -2.38. The van der Waals surface area contributed by atoms with Crippen LogP contribution in [0.5, 0.6) is 11.5 Å². The molecule has 1 amide bonds. The number of aromatic nitrogens is 6. The molecule has 0 saturated carbocycles. The molecule has 0 atom stereocenters. The van der Waals surface area contributed by atoms with Gasteiger partial charge < -0.3 is 38.9 Å². The second-order valence-corrected chi connectivity index (χ2v) is 17.0. The summed E-state index contributed by atoms with van der Waals surface area (Å²) in [6, 6.07) is 5.94. The first kappa shape index (κ1) is 48.9. The van der Waals surface area contributed by atoms with Crippen molar-refractivity contribution in [2.24, 2.45) is 0 Å². The van der Waals surface area contributed by atoms with Crippen molar-refractivity contribution in [1.82, 2.24) is 33.6 Å². The Balaban J connectivity index is 0.000000210. The molecule has 17 nitrogen and oxygen atoms in total. The quantitative estimate of drug-likeness (QED) is 0.0568. The van der Waals surface area contributed by atoms with Crippen molar-refractivity contribution in [2.75, 3.05) is 44.1 Å². The van der Waals surface area contributed by atoms with E-state index >= 15 is 4.39 Å². The van der Waals surface area contributed by atoms with Gasteiger partial charge in [-0.05, 0) is 74.8 Å². The Bertz CT molecular complexity index is 2970. The van der Waals surface area contributed by atoms with Gasteiger partial charge >= 0.3 is 6.09 Å². The average molecular weight is 981 g/mol. The molecule has 2 aromatic carbocycles. The lowest BCUT2D eigenvalue weighted by atomic mass is 10.0. The largest absolute Gasteiger partial charge is 0.499 e. The molecule has 20 heteroatoms. The van der Waals surface area contributed by atoms with E-state index in [1.54, 1.807) is 74.9 Å². The molecule has 0 fully saturated rings. The SMILES string of the molecule is C=C(C)OCC.[C-]#[N+]c1cn2c(N(Cc3c(F)ccc4c3CCO4)C(=O)OC(C)(C)C)ncc(C(=O)/C=C/N(C)C)c2n1.[C-]#[N+]c1cn2c(NCc3c(F)ccc4c3CCO4)ncc(Br)c2n1. The zero-order chi connectivity index (χ0) is 48.6. The standard InChI is InChI=1S/C26H27FN6O4.C16H11BrFN5O.C5H10O/c1-26(2,3)37-25(35)33(14-18-16-10-12-36-21(16)8-7-19(18)27)24-29-13-17(20(34)9-11-31(5)6)23-30-22(28-4)15-32(23)24;1-19-14-8-23-15(22-14)11(17)7-21-16(23)20-6-10-9-4-5-24-13(9)3-2-12(10)18;1-4-6-5(2)3/h7-9,11,13,15H,10,12,14H2,1-3,5-6H3;2-3,7-8H,4-6H2,(H,20,21);2,4H2,1,3H3/b11-9+;;. The summed E-state index contributed by atoms with van der Waals surface area (Å²) in [7, 11) is 3.55. The summed E-state index contributed by atoms with van der Waals surface area (Å²) < 4.78 is 54.5. The minimum Gasteiger partial charge on any atom is -0.499 e. The fourth-order valence-electron chi connectivity index (χ4n) is 6.91. The molecule has 0 spiro atoms. The van der Waals surface area contributed by atoms with Crippen molar-refractivity contribution >= 4 is 62.6 Å². The van der Waals surface area contributed by atoms with Gasteiger partial charge in [0.1, 0.15) is 38.8 Å². The fraction of sp³-hybridized carbons (Fsp3) is 0.319. The number of anilines is 2. The monoisotopic (exact) mass is 979 g/mol. The Morgan fingerprint density at radius 3 is 2.10 bits per heavy atom. The molecule has 4 aromatic heterocycles. The first-order valence-corrected chi connectivity index (χ1v) is 21.7. The number of nitrogens with zero attached hydrogens (tertiary/aromatic N) is 10. The van der Waals surface area contributed by atoms with Gasteiger partial charge in [-0.3, -0.25) is 13.6 Å². The van der Waals surface area contributed by atoms with Crippen molar-refractivity contribution in [1.29, 1.82) is 0 Å². The van der Waals surface area contributed by atoms with Crippen LogP contribution in [0, 0.1) is 24.8 Å². The summed E-state index contributed by atoms with van der Waals surface area (Å²) in [6.07, 6.45) is 9.22. The maximum absolute atomic E-state index is 15.0. The van der Waals surface area contributed by atoms with Crippen LogP contribution in [-0.4, -0.2) is 85.0 Å². The van der Waals surface area contributed by atoms with Crippen molar-refractivity contribution in [3.63, 3.8) is 0 Å². The van der Waals surface area contributed by atoms with Crippen LogP contribution in [0.2, 0.25) is 0 Å². The van der Waals surface area contributed by atoms with Gasteiger partial charge in [0, 0.05) is 86.6 Å². The summed E-state index contributed by atoms with van der Waals surface area (Å²) in [5.41, 5.74) is 2.42. The number of ketones is 1. The van der Waals surface area contributed by atoms with Gasteiger partial charge in [-0.15, -0.1) is 0 Å². The van der Waals surface area contributed by atoms with Gasteiger partial charge in [-0.2, -0.15) is 0 Å². The van der Waals surface area contributed by atoms with Gasteiger partial charge in [-0.25, -0.2) is 28.4 Å². The predicted molar refractivity (Wildman–Crippen MR) is 251 cm³/mol. The van der Waals surface area contributed by atoms with Crippen LogP contribution in [0.3, 0.4) is 0 Å². The van der Waals surface area contributed by atoms with Crippen LogP contribution in [-0.2, 0) is 35.4 Å². The smallest absolute Gasteiger partial charge is 0.417 e. The minimum atomic E-state index is -0.849. The van der Waals surface area contributed by atoms with Gasteiger partial charge in [0.15, 0.2) is 5.78 Å². The summed E-state index contributed by atoms with van der Waals surface area (Å²) in [5, 5.41) is 3.13. The van der Waals surface area contributed by atoms with Crippen LogP contribution in [0.4, 0.5) is 37.1 Å². The van der Waals surface area contributed by atoms with Gasteiger partial charge in [0.25, 0.3) is 11.6 Å². The number of nitrogens with one attached hydrogen (secondary N) is 1. The molecule has 6 heterocycles. The number of imidazole rings is 2. The van der Waals surface area contributed by atoms with Crippen molar-refractivity contribution in [3.8, 4) is 11.5 Å². The molecule has 0 bridgehead atoms. The highest BCUT2D eigenvalue weighted by atomic mass is 79.9. The molecule has 0 unspecified atom stereocenters. The van der Waals surface area contributed by atoms with E-state index in [0.29, 0.717) is 59.0 Å². The number of rotatable bonds is 11. The Morgan fingerprint density at radius 2 is 1.54 bits per heavy atom. The highest BCUT2D eigenvalue weighted by Crippen LogP contribution is 2.34. The van der Waals surface area contributed by atoms with Crippen molar-refractivity contribution in [3.05, 3.63) is 140 Å². The number of hydrogen-bond acceptors (Lipinski definition) is 12. The number of amides is 1. The zero-order valence-corrected chi connectivity index (χ0v) is 39.6. The molecule has 2 aliphatic heterocycles. The van der Waals surface area contributed by atoms with Crippen LogP contribution in [0.1, 0.15) is 67.2 Å². The maximum Gasteiger partial charge on any atom is 0.417 e. The number of carbonyl (C=O) groups is 2. The van der Waals surface area contributed by atoms with Crippen molar-refractivity contribution < 1.29 is 37.3 Å². The van der Waals surface area contributed by atoms with E-state index in [2.05, 4.69) is 57.5 Å². The molecule has 0 aliphatic carbocycles. The summed E-state index contributed by atoms with van der Waals surface area (Å²) >= 11 is 3.37. The Kier molecular flexibility index (Phi) is 15.4. The molecular formula is C47H48BrF2N11O6. The maximum atomic E-state index is 15.0. The van der Waals surface area contributed by atoms with Gasteiger partial charge in [0.2, 0.25) is 23.2 Å². The number of fused-ring (bicyclic) bond motifs is 4. The first-order chi connectivity index (χ1) is 31.9. The van der Waals surface area contributed by atoms with Gasteiger partial charge in [0.05, 0.1) is 38.3 Å². The topological polar surface area (TPSA) is 159 Å². The lowest BCUT2D eigenvalue weighted by Gasteiger charge is -2.27. The van der Waals surface area contributed by atoms with Crippen LogP contribution >= 0.6 is 15.9 Å². The molecule has 0 radical (unpaired) electrons. The lowest BCUT2D eigenvalue weighted by molar-refractivity contribution is 0.0574. The zero-order valence-electron chi connectivity index (χ0n) is 38.0. The number of allylic oxidation sites excluding steroid dienone is 2. The summed E-state index contributed by atoms with van der Waals surface area (Å²) in [6.45, 7) is 28.7. The summed E-state index contributed by atoms with van der Waals surface area (Å²) in [4.78, 5) is 53.1. The third-order valence-electron chi connectivity index (χ3n) is 9.78. The number of ether oxygens (including phenoxy) is 4. The second-order valence-electron chi connectivity index (χ2n) is 16.1. The van der Waals surface area contributed by atoms with E-state index in [-0.39, 0.29) is 59.0 Å². The Morgan fingerprint density at radius 1 is 0.940 bits per heavy atom. The van der Waals surface area contributed by atoms with E-state index in [1.165, 1.54) is 39.9 Å². The second kappa shape index (κ2) is 21.2. The predicted octanol–water partition coefficient (Wildman–Crippen LogP) is 9.84. The summed E-state index contributed by atoms with van der Waals surface area (Å²) in [5.74, 6) is 1.73. The molecule has 6 aromatic rings. The molecular weight excluding hydrogens is 932 g/mol. The van der Waals surface area contributed by atoms with E-state index < -0.39 is 17.5 Å². The first-order valence-electron chi connectivity index (χ1n) is 20.9. The Hall–Kier alpha value is -7.58. The van der Waals surface area contributed by atoms with E-state index in [4.69, 9.17) is 32.1 Å². The molecule has 2 aliphatic rings. The molecule has 8 rings (SSSR count). The van der Waals surface area contributed by atoms with Crippen LogP contribution < -0.4 is 19.7 Å². The van der Waals surface area contributed by atoms with E-state index in [0.717, 1.165) is 23.7 Å². The molecule has 348 valence electrons. The number of halogens is 3. The number of hydrogen-bond donors (Lipinski definition) is 1. The van der Waals surface area contributed by atoms with E-state index in [1.807, 2.05) is 13.8 Å². The third kappa shape index (κ3) is 11.6. The van der Waals surface area contributed by atoms with E-state index in [9.17, 15) is 14.0 Å². The van der Waals surface area contributed by atoms with Crippen molar-refractivity contribution in [2.45, 2.75) is 66.2 Å². The average Bonchev–Trinajstić information content (AvgIpc) is 4.12. The van der Waals surface area contributed by atoms with Crippen LogP contribution in [0.25, 0.3) is 21.0 Å².